The van der Waals surface area contributed by atoms with Crippen LogP contribution < -0.4 is 20.1 Å². The molecule has 0 saturated carbocycles. The van der Waals surface area contributed by atoms with E-state index in [1.807, 2.05) is 72.8 Å². The lowest BCUT2D eigenvalue weighted by atomic mass is 10.2. The van der Waals surface area contributed by atoms with Gasteiger partial charge < -0.3 is 24.8 Å². The number of benzene rings is 3. The Kier molecular flexibility index (Phi) is 10.6. The number of para-hydroxylation sites is 3. The van der Waals surface area contributed by atoms with Crippen LogP contribution >= 0.6 is 12.2 Å². The third-order valence-corrected chi connectivity index (χ3v) is 5.00. The molecule has 0 spiro atoms. The molecule has 0 unspecified atom stereocenters. The number of anilines is 1. The average molecular weight is 493 g/mol. The van der Waals surface area contributed by atoms with Crippen LogP contribution in [-0.4, -0.2) is 36.8 Å². The molecule has 0 aliphatic rings. The van der Waals surface area contributed by atoms with Crippen LogP contribution in [0.15, 0.2) is 84.9 Å². The van der Waals surface area contributed by atoms with E-state index >= 15 is 0 Å². The predicted molar refractivity (Wildman–Crippen MR) is 139 cm³/mol. The van der Waals surface area contributed by atoms with Crippen LogP contribution in [0.3, 0.4) is 0 Å². The molecule has 0 fully saturated rings. The van der Waals surface area contributed by atoms with Crippen molar-refractivity contribution < 1.29 is 23.8 Å². The molecular weight excluding hydrogens is 464 g/mol. The molecular formula is C27H28N2O5S. The number of thiocarbonyl (C=S) groups is 1. The Balaban J connectivity index is 1.34. The summed E-state index contributed by atoms with van der Waals surface area (Å²) in [6.45, 7) is 0.984. The molecule has 3 aromatic rings. The summed E-state index contributed by atoms with van der Waals surface area (Å²) >= 11 is 5.24. The Morgan fingerprint density at radius 3 is 2.17 bits per heavy atom. The second-order valence-corrected chi connectivity index (χ2v) is 7.87. The molecule has 8 heteroatoms. The first-order valence-electron chi connectivity index (χ1n) is 11.3. The minimum absolute atomic E-state index is 0.0235. The maximum atomic E-state index is 12.2. The third kappa shape index (κ3) is 9.85. The molecule has 0 aliphatic carbocycles. The number of carbonyl (C=O) groups is 2. The Labute approximate surface area is 210 Å². The van der Waals surface area contributed by atoms with Crippen LogP contribution in [0.4, 0.5) is 5.69 Å². The zero-order valence-corrected chi connectivity index (χ0v) is 20.1. The Hall–Kier alpha value is -3.91. The monoisotopic (exact) mass is 492 g/mol. The van der Waals surface area contributed by atoms with Crippen LogP contribution in [0.1, 0.15) is 18.4 Å². The summed E-state index contributed by atoms with van der Waals surface area (Å²) in [5, 5.41) is 5.65. The fourth-order valence-electron chi connectivity index (χ4n) is 3.08. The molecule has 3 aromatic carbocycles. The maximum Gasteiger partial charge on any atom is 0.306 e. The summed E-state index contributed by atoms with van der Waals surface area (Å²) in [5.74, 6) is 0.540. The van der Waals surface area contributed by atoms with E-state index in [0.29, 0.717) is 31.1 Å². The maximum absolute atomic E-state index is 12.2. The minimum atomic E-state index is -0.425. The van der Waals surface area contributed by atoms with E-state index in [1.165, 1.54) is 0 Å². The van der Waals surface area contributed by atoms with Crippen molar-refractivity contribution in [2.45, 2.75) is 19.3 Å². The largest absolute Gasteiger partial charge is 0.490 e. The highest BCUT2D eigenvalue weighted by Crippen LogP contribution is 2.23. The molecule has 0 bridgehead atoms. The zero-order chi connectivity index (χ0) is 24.7. The van der Waals surface area contributed by atoms with Crippen molar-refractivity contribution in [1.82, 2.24) is 5.32 Å². The smallest absolute Gasteiger partial charge is 0.306 e. The molecule has 0 radical (unpaired) electrons. The summed E-state index contributed by atoms with van der Waals surface area (Å²) in [4.78, 5) is 24.1. The van der Waals surface area contributed by atoms with Gasteiger partial charge in [0.15, 0.2) is 5.11 Å². The Morgan fingerprint density at radius 1 is 0.743 bits per heavy atom. The molecule has 0 saturated heterocycles. The van der Waals surface area contributed by atoms with E-state index in [-0.39, 0.29) is 30.5 Å². The molecule has 0 aromatic heterocycles. The molecule has 0 aliphatic heterocycles. The summed E-state index contributed by atoms with van der Waals surface area (Å²) in [7, 11) is 0. The number of esters is 1. The van der Waals surface area contributed by atoms with Crippen molar-refractivity contribution >= 4 is 34.9 Å². The number of carbonyl (C=O) groups excluding carboxylic acids is 2. The van der Waals surface area contributed by atoms with Gasteiger partial charge in [-0.25, -0.2) is 0 Å². The first kappa shape index (κ1) is 25.7. The van der Waals surface area contributed by atoms with Crippen LogP contribution in [-0.2, 0) is 20.7 Å². The van der Waals surface area contributed by atoms with E-state index < -0.39 is 5.97 Å². The van der Waals surface area contributed by atoms with Crippen LogP contribution in [0.2, 0.25) is 0 Å². The number of hydrogen-bond acceptors (Lipinski definition) is 6. The van der Waals surface area contributed by atoms with E-state index in [0.717, 1.165) is 11.3 Å². The zero-order valence-electron chi connectivity index (χ0n) is 19.3. The van der Waals surface area contributed by atoms with Gasteiger partial charge in [-0.15, -0.1) is 0 Å². The second-order valence-electron chi connectivity index (χ2n) is 7.46. The van der Waals surface area contributed by atoms with Gasteiger partial charge in [0.2, 0.25) is 5.91 Å². The number of amides is 1. The summed E-state index contributed by atoms with van der Waals surface area (Å²) in [5.41, 5.74) is 1.69. The van der Waals surface area contributed by atoms with Crippen LogP contribution in [0, 0.1) is 0 Å². The molecule has 0 atom stereocenters. The Morgan fingerprint density at radius 2 is 1.40 bits per heavy atom. The first-order chi connectivity index (χ1) is 17.1. The van der Waals surface area contributed by atoms with Gasteiger partial charge in [0.05, 0.1) is 18.7 Å². The second kappa shape index (κ2) is 14.4. The van der Waals surface area contributed by atoms with E-state index in [1.54, 1.807) is 12.1 Å². The average Bonchev–Trinajstić information content (AvgIpc) is 2.87. The summed E-state index contributed by atoms with van der Waals surface area (Å²) in [6, 6.07) is 26.5. The van der Waals surface area contributed by atoms with E-state index in [2.05, 4.69) is 10.6 Å². The van der Waals surface area contributed by atoms with Gasteiger partial charge in [0.25, 0.3) is 0 Å². The SMILES string of the molecule is O=C(CCC(=O)OCCc1ccccc1)NC(=S)Nc1ccccc1OCCOc1ccccc1. The molecule has 3 rings (SSSR count). The van der Waals surface area contributed by atoms with Gasteiger partial charge in [-0.2, -0.15) is 0 Å². The lowest BCUT2D eigenvalue weighted by Gasteiger charge is -2.14. The highest BCUT2D eigenvalue weighted by Gasteiger charge is 2.11. The molecule has 1 amide bonds. The highest BCUT2D eigenvalue weighted by molar-refractivity contribution is 7.80. The predicted octanol–water partition coefficient (Wildman–Crippen LogP) is 4.52. The van der Waals surface area contributed by atoms with Crippen molar-refractivity contribution in [3.63, 3.8) is 0 Å². The van der Waals surface area contributed by atoms with Crippen molar-refractivity contribution in [3.8, 4) is 11.5 Å². The number of rotatable bonds is 12. The lowest BCUT2D eigenvalue weighted by Crippen LogP contribution is -2.34. The summed E-state index contributed by atoms with van der Waals surface area (Å²) in [6.07, 6.45) is 0.581. The normalized spacial score (nSPS) is 10.2. The van der Waals surface area contributed by atoms with Gasteiger partial charge >= 0.3 is 5.97 Å². The Bertz CT molecular complexity index is 1090. The topological polar surface area (TPSA) is 85.9 Å². The first-order valence-corrected chi connectivity index (χ1v) is 11.7. The molecule has 182 valence electrons. The van der Waals surface area contributed by atoms with Crippen LogP contribution in [0.5, 0.6) is 11.5 Å². The quantitative estimate of drug-likeness (QED) is 0.218. The van der Waals surface area contributed by atoms with Crippen molar-refractivity contribution in [1.29, 1.82) is 0 Å². The van der Waals surface area contributed by atoms with Gasteiger partial charge in [-0.05, 0) is 42.0 Å². The number of hydrogen-bond donors (Lipinski definition) is 2. The van der Waals surface area contributed by atoms with Gasteiger partial charge in [0.1, 0.15) is 24.7 Å². The fourth-order valence-corrected chi connectivity index (χ4v) is 3.31. The molecule has 2 N–H and O–H groups in total. The van der Waals surface area contributed by atoms with Crippen molar-refractivity contribution in [2.75, 3.05) is 25.1 Å². The lowest BCUT2D eigenvalue weighted by molar-refractivity contribution is -0.144. The molecule has 7 nitrogen and oxygen atoms in total. The summed E-state index contributed by atoms with van der Waals surface area (Å²) < 4.78 is 16.6. The number of nitrogens with one attached hydrogen (secondary N) is 2. The molecule has 0 heterocycles. The standard InChI is InChI=1S/C27H28N2O5S/c30-25(15-16-26(31)34-18-17-21-9-3-1-4-10-21)29-27(35)28-23-13-7-8-14-24(23)33-20-19-32-22-11-5-2-6-12-22/h1-14H,15-20H2,(H2,28,29,30,35). The van der Waals surface area contributed by atoms with E-state index in [4.69, 9.17) is 26.4 Å². The van der Waals surface area contributed by atoms with Crippen LogP contribution in [0.25, 0.3) is 0 Å². The van der Waals surface area contributed by atoms with E-state index in [9.17, 15) is 9.59 Å². The number of ether oxygens (including phenoxy) is 3. The fraction of sp³-hybridized carbons (Fsp3) is 0.222. The third-order valence-electron chi connectivity index (χ3n) is 4.79. The van der Waals surface area contributed by atoms with Gasteiger partial charge in [0, 0.05) is 12.8 Å². The van der Waals surface area contributed by atoms with Gasteiger partial charge in [-0.3, -0.25) is 9.59 Å². The van der Waals surface area contributed by atoms with Gasteiger partial charge in [-0.1, -0.05) is 60.7 Å². The minimum Gasteiger partial charge on any atom is -0.490 e. The van der Waals surface area contributed by atoms with Crippen molar-refractivity contribution in [3.05, 3.63) is 90.5 Å². The highest BCUT2D eigenvalue weighted by atomic mass is 32.1. The van der Waals surface area contributed by atoms with Crippen molar-refractivity contribution in [2.24, 2.45) is 0 Å². The molecule has 35 heavy (non-hydrogen) atoms.